The topological polar surface area (TPSA) is 40.1 Å². The summed E-state index contributed by atoms with van der Waals surface area (Å²) in [5, 5.41) is 18.4. The van der Waals surface area contributed by atoms with E-state index in [1.807, 2.05) is 0 Å². The Morgan fingerprint density at radius 2 is 2.11 bits per heavy atom. The van der Waals surface area contributed by atoms with Gasteiger partial charge in [0.2, 0.25) is 0 Å². The Labute approximate surface area is 52.1 Å². The number of hydrogen-bond acceptors (Lipinski definition) is 1. The lowest BCUT2D eigenvalue weighted by molar-refractivity contribution is -0.0977. The molecule has 1 radical (unpaired) electrons. The molecule has 9 heavy (non-hydrogen) atoms. The number of hydrogen-bond donors (Lipinski definition) is 1. The first kappa shape index (κ1) is 8.78. The third-order valence-electron chi connectivity index (χ3n) is 1.08. The molecular weight excluding hydrogens is 130 g/mol. The normalized spacial score (nSPS) is 18.0. The zero-order valence-corrected chi connectivity index (χ0v) is 5.10. The van der Waals surface area contributed by atoms with Crippen LogP contribution in [0, 0.1) is 0 Å². The largest absolute Gasteiger partial charge is 0.384 e. The molecule has 0 fully saturated rings. The van der Waals surface area contributed by atoms with Crippen LogP contribution in [0.4, 0.5) is 8.78 Å². The van der Waals surface area contributed by atoms with Crippen molar-refractivity contribution in [2.24, 2.45) is 0 Å². The first-order chi connectivity index (χ1) is 4.00. The fraction of sp³-hybridized carbons (Fsp3) is 1.00. The maximum atomic E-state index is 11.6. The Balaban J connectivity index is 3.70. The fourth-order valence-electron chi connectivity index (χ4n) is 0.316. The molecule has 1 N–H and O–H groups in total. The van der Waals surface area contributed by atoms with Crippen molar-refractivity contribution >= 4 is 0 Å². The van der Waals surface area contributed by atoms with Crippen molar-refractivity contribution in [1.82, 2.24) is 0 Å². The predicted molar refractivity (Wildman–Crippen MR) is 26.8 cm³/mol. The van der Waals surface area contributed by atoms with E-state index in [9.17, 15) is 13.9 Å². The summed E-state index contributed by atoms with van der Waals surface area (Å²) in [6.45, 7) is 0.285. The quantitative estimate of drug-likeness (QED) is 0.617. The van der Waals surface area contributed by atoms with Crippen LogP contribution in [0.3, 0.4) is 0 Å². The molecule has 0 aliphatic rings. The SMILES string of the molecule is CC(O)(CC[O])C(F)F. The summed E-state index contributed by atoms with van der Waals surface area (Å²) in [6.07, 6.45) is -3.23. The average molecular weight is 139 g/mol. The molecular formula is C5H9F2O2. The van der Waals surface area contributed by atoms with Crippen LogP contribution < -0.4 is 0 Å². The van der Waals surface area contributed by atoms with E-state index in [1.165, 1.54) is 0 Å². The van der Waals surface area contributed by atoms with Crippen molar-refractivity contribution in [2.45, 2.75) is 25.4 Å². The van der Waals surface area contributed by atoms with Crippen molar-refractivity contribution < 1.29 is 19.0 Å². The Kier molecular flexibility index (Phi) is 3.00. The minimum absolute atomic E-state index is 0.398. The molecule has 0 saturated heterocycles. The highest BCUT2D eigenvalue weighted by Crippen LogP contribution is 2.17. The van der Waals surface area contributed by atoms with Gasteiger partial charge >= 0.3 is 0 Å². The van der Waals surface area contributed by atoms with Crippen LogP contribution in [-0.2, 0) is 5.11 Å². The molecule has 55 valence electrons. The van der Waals surface area contributed by atoms with Crippen LogP contribution in [0.5, 0.6) is 0 Å². The van der Waals surface area contributed by atoms with Gasteiger partial charge in [0.15, 0.2) is 0 Å². The first-order valence-electron chi connectivity index (χ1n) is 2.59. The second-order valence-corrected chi connectivity index (χ2v) is 2.11. The Bertz CT molecular complexity index is 83.0. The number of alkyl halides is 2. The van der Waals surface area contributed by atoms with Gasteiger partial charge < -0.3 is 5.11 Å². The molecule has 4 heteroatoms. The molecule has 0 aromatic carbocycles. The fourth-order valence-corrected chi connectivity index (χ4v) is 0.316. The molecule has 0 bridgehead atoms. The minimum atomic E-state index is -2.83. The molecule has 0 spiro atoms. The lowest BCUT2D eigenvalue weighted by Crippen LogP contribution is -2.34. The van der Waals surface area contributed by atoms with Crippen molar-refractivity contribution in [3.8, 4) is 0 Å². The van der Waals surface area contributed by atoms with Gasteiger partial charge in [-0.25, -0.2) is 13.9 Å². The third-order valence-corrected chi connectivity index (χ3v) is 1.08. The van der Waals surface area contributed by atoms with Gasteiger partial charge in [0.25, 0.3) is 6.43 Å². The van der Waals surface area contributed by atoms with Gasteiger partial charge in [0.05, 0.1) is 6.61 Å². The summed E-state index contributed by atoms with van der Waals surface area (Å²) in [4.78, 5) is 0. The molecule has 0 heterocycles. The highest BCUT2D eigenvalue weighted by atomic mass is 19.3. The molecule has 0 aliphatic heterocycles. The van der Waals surface area contributed by atoms with Gasteiger partial charge in [-0.3, -0.25) is 0 Å². The van der Waals surface area contributed by atoms with E-state index in [0.717, 1.165) is 6.92 Å². The molecule has 1 atom stereocenters. The summed E-state index contributed by atoms with van der Waals surface area (Å²) in [5.41, 5.74) is -2.10. The van der Waals surface area contributed by atoms with E-state index < -0.39 is 25.1 Å². The Morgan fingerprint density at radius 1 is 1.67 bits per heavy atom. The monoisotopic (exact) mass is 139 g/mol. The van der Waals surface area contributed by atoms with Gasteiger partial charge in [-0.1, -0.05) is 0 Å². The van der Waals surface area contributed by atoms with Crippen molar-refractivity contribution in [1.29, 1.82) is 0 Å². The number of rotatable bonds is 3. The Morgan fingerprint density at radius 3 is 2.22 bits per heavy atom. The maximum absolute atomic E-state index is 11.6. The summed E-state index contributed by atoms with van der Waals surface area (Å²) < 4.78 is 23.2. The molecule has 1 unspecified atom stereocenters. The molecule has 0 aliphatic carbocycles. The maximum Gasteiger partial charge on any atom is 0.266 e. The van der Waals surface area contributed by atoms with E-state index in [-0.39, 0.29) is 0 Å². The van der Waals surface area contributed by atoms with E-state index in [0.29, 0.717) is 0 Å². The first-order valence-corrected chi connectivity index (χ1v) is 2.59. The van der Waals surface area contributed by atoms with Gasteiger partial charge in [-0.2, -0.15) is 0 Å². The van der Waals surface area contributed by atoms with E-state index in [2.05, 4.69) is 0 Å². The minimum Gasteiger partial charge on any atom is -0.384 e. The Hall–Kier alpha value is -0.220. The van der Waals surface area contributed by atoms with Gasteiger partial charge in [0, 0.05) is 6.42 Å². The van der Waals surface area contributed by atoms with Crippen LogP contribution in [0.2, 0.25) is 0 Å². The van der Waals surface area contributed by atoms with Gasteiger partial charge in [-0.15, -0.1) is 0 Å². The summed E-state index contributed by atoms with van der Waals surface area (Å²) in [6, 6.07) is 0. The smallest absolute Gasteiger partial charge is 0.266 e. The lowest BCUT2D eigenvalue weighted by atomic mass is 10.0. The third kappa shape index (κ3) is 2.72. The van der Waals surface area contributed by atoms with Crippen LogP contribution in [0.15, 0.2) is 0 Å². The average Bonchev–Trinajstić information content (AvgIpc) is 1.65. The number of aliphatic hydroxyl groups is 1. The molecule has 2 nitrogen and oxygen atoms in total. The molecule has 0 saturated carbocycles. The van der Waals surface area contributed by atoms with Crippen LogP contribution in [0.1, 0.15) is 13.3 Å². The van der Waals surface area contributed by atoms with Gasteiger partial charge in [0.1, 0.15) is 5.60 Å². The van der Waals surface area contributed by atoms with Crippen molar-refractivity contribution in [3.05, 3.63) is 0 Å². The van der Waals surface area contributed by atoms with E-state index in [1.54, 1.807) is 0 Å². The van der Waals surface area contributed by atoms with Gasteiger partial charge in [-0.05, 0) is 6.92 Å². The molecule has 0 amide bonds. The molecule has 0 rings (SSSR count). The summed E-state index contributed by atoms with van der Waals surface area (Å²) in [7, 11) is 0. The summed E-state index contributed by atoms with van der Waals surface area (Å²) >= 11 is 0. The highest BCUT2D eigenvalue weighted by Gasteiger charge is 2.31. The highest BCUT2D eigenvalue weighted by molar-refractivity contribution is 4.73. The second-order valence-electron chi connectivity index (χ2n) is 2.11. The van der Waals surface area contributed by atoms with Crippen molar-refractivity contribution in [3.63, 3.8) is 0 Å². The molecule has 0 aromatic heterocycles. The predicted octanol–water partition coefficient (Wildman–Crippen LogP) is 0.823. The standard InChI is InChI=1S/C5H9F2O2/c1-5(9,2-3-8)4(6)7/h4,9H,2-3H2,1H3. The van der Waals surface area contributed by atoms with Crippen molar-refractivity contribution in [2.75, 3.05) is 6.61 Å². The summed E-state index contributed by atoms with van der Waals surface area (Å²) in [5.74, 6) is 0. The second kappa shape index (κ2) is 3.08. The zero-order chi connectivity index (χ0) is 7.49. The van der Waals surface area contributed by atoms with Crippen LogP contribution in [0.25, 0.3) is 0 Å². The van der Waals surface area contributed by atoms with Crippen LogP contribution >= 0.6 is 0 Å². The lowest BCUT2D eigenvalue weighted by Gasteiger charge is -2.19. The van der Waals surface area contributed by atoms with E-state index >= 15 is 0 Å². The van der Waals surface area contributed by atoms with Crippen LogP contribution in [-0.4, -0.2) is 23.7 Å². The number of halogens is 2. The molecule has 0 aromatic rings. The zero-order valence-electron chi connectivity index (χ0n) is 5.10. The van der Waals surface area contributed by atoms with E-state index in [4.69, 9.17) is 5.11 Å².